The predicted octanol–water partition coefficient (Wildman–Crippen LogP) is 5.21. The van der Waals surface area contributed by atoms with Crippen molar-refractivity contribution < 1.29 is 22.3 Å². The third-order valence-corrected chi connectivity index (χ3v) is 4.98. The normalized spacial score (nSPS) is 13.4. The van der Waals surface area contributed by atoms with Crippen LogP contribution in [-0.4, -0.2) is 18.1 Å². The first-order chi connectivity index (χ1) is 14.0. The van der Waals surface area contributed by atoms with Crippen molar-refractivity contribution in [2.24, 2.45) is 0 Å². The summed E-state index contributed by atoms with van der Waals surface area (Å²) < 4.78 is 52.7. The summed E-state index contributed by atoms with van der Waals surface area (Å²) in [5.74, 6) is 0.569. The molecule has 29 heavy (non-hydrogen) atoms. The van der Waals surface area contributed by atoms with Crippen molar-refractivity contribution >= 4 is 29.3 Å². The molecule has 1 aliphatic rings. The topological polar surface area (TPSA) is 74.3 Å². The van der Waals surface area contributed by atoms with Gasteiger partial charge in [0.05, 0.1) is 35.2 Å². The highest BCUT2D eigenvalue weighted by Gasteiger charge is 2.32. The summed E-state index contributed by atoms with van der Waals surface area (Å²) in [7, 11) is 0. The zero-order chi connectivity index (χ0) is 20.4. The minimum Gasteiger partial charge on any atom is -0.489 e. The molecule has 4 rings (SSSR count). The SMILES string of the molecule is N#Cc1cc(C(F)(F)F)ccc1N1CCOc2cc(SNc3ncco3)ccc21. The molecule has 0 fully saturated rings. The number of ether oxygens (including phenoxy) is 1. The summed E-state index contributed by atoms with van der Waals surface area (Å²) in [6.45, 7) is 0.744. The summed E-state index contributed by atoms with van der Waals surface area (Å²) in [5, 5.41) is 9.39. The Labute approximate surface area is 168 Å². The van der Waals surface area contributed by atoms with E-state index in [1.54, 1.807) is 17.0 Å². The predicted molar refractivity (Wildman–Crippen MR) is 101 cm³/mol. The summed E-state index contributed by atoms with van der Waals surface area (Å²) in [5.41, 5.74) is 0.184. The van der Waals surface area contributed by atoms with Crippen LogP contribution in [0, 0.1) is 11.3 Å². The van der Waals surface area contributed by atoms with E-state index in [0.29, 0.717) is 36.3 Å². The van der Waals surface area contributed by atoms with Crippen LogP contribution in [0.25, 0.3) is 0 Å². The van der Waals surface area contributed by atoms with Gasteiger partial charge in [0.25, 0.3) is 0 Å². The summed E-state index contributed by atoms with van der Waals surface area (Å²) in [4.78, 5) is 6.58. The molecule has 0 atom stereocenters. The lowest BCUT2D eigenvalue weighted by Gasteiger charge is -2.32. The monoisotopic (exact) mass is 418 g/mol. The van der Waals surface area contributed by atoms with Crippen LogP contribution in [0.2, 0.25) is 0 Å². The zero-order valence-electron chi connectivity index (χ0n) is 14.7. The fourth-order valence-corrected chi connectivity index (χ4v) is 3.54. The van der Waals surface area contributed by atoms with Crippen LogP contribution in [0.5, 0.6) is 5.75 Å². The molecule has 10 heteroatoms. The largest absolute Gasteiger partial charge is 0.489 e. The Morgan fingerprint density at radius 3 is 2.72 bits per heavy atom. The highest BCUT2D eigenvalue weighted by atomic mass is 32.2. The Hall–Kier alpha value is -3.32. The number of halogens is 3. The summed E-state index contributed by atoms with van der Waals surface area (Å²) in [6, 6.07) is 10.8. The van der Waals surface area contributed by atoms with Gasteiger partial charge in [0, 0.05) is 4.90 Å². The second-order valence-electron chi connectivity index (χ2n) is 6.01. The minimum absolute atomic E-state index is 0.0447. The van der Waals surface area contributed by atoms with Gasteiger partial charge in [-0.2, -0.15) is 18.4 Å². The van der Waals surface area contributed by atoms with Gasteiger partial charge in [-0.25, -0.2) is 4.98 Å². The lowest BCUT2D eigenvalue weighted by atomic mass is 10.1. The van der Waals surface area contributed by atoms with Gasteiger partial charge in [0.1, 0.15) is 24.7 Å². The number of fused-ring (bicyclic) bond motifs is 1. The Kier molecular flexibility index (Phi) is 4.98. The average molecular weight is 418 g/mol. The summed E-state index contributed by atoms with van der Waals surface area (Å²) >= 11 is 1.28. The fourth-order valence-electron chi connectivity index (χ4n) is 2.93. The van der Waals surface area contributed by atoms with Crippen LogP contribution >= 0.6 is 11.9 Å². The molecule has 0 saturated heterocycles. The van der Waals surface area contributed by atoms with Crippen molar-refractivity contribution in [3.05, 3.63) is 60.0 Å². The Morgan fingerprint density at radius 2 is 2.00 bits per heavy atom. The van der Waals surface area contributed by atoms with Crippen LogP contribution in [0.3, 0.4) is 0 Å². The highest BCUT2D eigenvalue weighted by molar-refractivity contribution is 8.00. The van der Waals surface area contributed by atoms with Crippen molar-refractivity contribution in [3.8, 4) is 11.8 Å². The Bertz CT molecular complexity index is 1060. The van der Waals surface area contributed by atoms with Crippen LogP contribution in [0.15, 0.2) is 58.2 Å². The van der Waals surface area contributed by atoms with Crippen molar-refractivity contribution in [1.29, 1.82) is 5.26 Å². The molecular weight excluding hydrogens is 405 g/mol. The number of nitrogens with zero attached hydrogens (tertiary/aromatic N) is 3. The highest BCUT2D eigenvalue weighted by Crippen LogP contribution is 2.41. The lowest BCUT2D eigenvalue weighted by molar-refractivity contribution is -0.137. The van der Waals surface area contributed by atoms with E-state index in [1.807, 2.05) is 12.1 Å². The number of nitrogens with one attached hydrogen (secondary N) is 1. The third kappa shape index (κ3) is 3.95. The number of oxazole rings is 1. The molecule has 1 N–H and O–H groups in total. The van der Waals surface area contributed by atoms with E-state index in [9.17, 15) is 18.4 Å². The number of benzene rings is 2. The zero-order valence-corrected chi connectivity index (χ0v) is 15.5. The number of anilines is 3. The van der Waals surface area contributed by atoms with Crippen LogP contribution in [0.4, 0.5) is 30.6 Å². The molecule has 1 aliphatic heterocycles. The van der Waals surface area contributed by atoms with E-state index in [1.165, 1.54) is 30.5 Å². The molecule has 0 spiro atoms. The maximum atomic E-state index is 13.0. The van der Waals surface area contributed by atoms with Gasteiger partial charge < -0.3 is 14.1 Å². The van der Waals surface area contributed by atoms with Crippen molar-refractivity contribution in [1.82, 2.24) is 4.98 Å². The quantitative estimate of drug-likeness (QED) is 0.583. The number of alkyl halides is 3. The first kappa shape index (κ1) is 19.0. The van der Waals surface area contributed by atoms with Gasteiger partial charge in [-0.05, 0) is 48.3 Å². The molecule has 3 aromatic rings. The van der Waals surface area contributed by atoms with Crippen LogP contribution in [0.1, 0.15) is 11.1 Å². The standard InChI is InChI=1S/C19H13F3N4O2S/c20-19(21,22)13-1-3-15(12(9-13)11-23)26-6-8-27-17-10-14(2-4-16(17)26)29-25-18-24-5-7-28-18/h1-5,7,9-10H,6,8H2,(H,24,25). The van der Waals surface area contributed by atoms with E-state index in [-0.39, 0.29) is 5.56 Å². The van der Waals surface area contributed by atoms with Gasteiger partial charge in [0.2, 0.25) is 0 Å². The van der Waals surface area contributed by atoms with Crippen LogP contribution < -0.4 is 14.4 Å². The Morgan fingerprint density at radius 1 is 1.17 bits per heavy atom. The smallest absolute Gasteiger partial charge is 0.416 e. The average Bonchev–Trinajstić information content (AvgIpc) is 3.24. The number of rotatable bonds is 4. The fraction of sp³-hybridized carbons (Fsp3) is 0.158. The second-order valence-corrected chi connectivity index (χ2v) is 6.89. The maximum Gasteiger partial charge on any atom is 0.416 e. The first-order valence-electron chi connectivity index (χ1n) is 8.44. The molecule has 2 heterocycles. The molecule has 148 valence electrons. The number of hydrogen-bond acceptors (Lipinski definition) is 7. The van der Waals surface area contributed by atoms with Crippen molar-refractivity contribution in [2.45, 2.75) is 11.1 Å². The first-order valence-corrected chi connectivity index (χ1v) is 9.25. The van der Waals surface area contributed by atoms with E-state index >= 15 is 0 Å². The van der Waals surface area contributed by atoms with Crippen molar-refractivity contribution in [3.63, 3.8) is 0 Å². The van der Waals surface area contributed by atoms with E-state index in [2.05, 4.69) is 9.71 Å². The molecule has 0 unspecified atom stereocenters. The summed E-state index contributed by atoms with van der Waals surface area (Å²) in [6.07, 6.45) is -1.53. The number of nitriles is 1. The molecule has 0 radical (unpaired) electrons. The maximum absolute atomic E-state index is 13.0. The van der Waals surface area contributed by atoms with E-state index < -0.39 is 11.7 Å². The molecule has 0 aliphatic carbocycles. The van der Waals surface area contributed by atoms with Crippen LogP contribution in [-0.2, 0) is 6.18 Å². The number of aromatic nitrogens is 1. The molecule has 0 amide bonds. The molecule has 2 aromatic carbocycles. The van der Waals surface area contributed by atoms with Crippen molar-refractivity contribution in [2.75, 3.05) is 22.8 Å². The number of hydrogen-bond donors (Lipinski definition) is 1. The van der Waals surface area contributed by atoms with Gasteiger partial charge >= 0.3 is 12.2 Å². The molecule has 0 saturated carbocycles. The molecule has 6 nitrogen and oxygen atoms in total. The molecule has 0 bridgehead atoms. The minimum atomic E-state index is -4.50. The second kappa shape index (κ2) is 7.60. The Balaban J connectivity index is 1.62. The lowest BCUT2D eigenvalue weighted by Crippen LogP contribution is -2.29. The van der Waals surface area contributed by atoms with Gasteiger partial charge in [-0.1, -0.05) is 0 Å². The van der Waals surface area contributed by atoms with Gasteiger partial charge in [-0.3, -0.25) is 4.72 Å². The molecule has 1 aromatic heterocycles. The van der Waals surface area contributed by atoms with E-state index in [0.717, 1.165) is 17.0 Å². The third-order valence-electron chi connectivity index (χ3n) is 4.22. The van der Waals surface area contributed by atoms with Gasteiger partial charge in [-0.15, -0.1) is 0 Å². The van der Waals surface area contributed by atoms with E-state index in [4.69, 9.17) is 9.15 Å². The molecular formula is C19H13F3N4O2S. The van der Waals surface area contributed by atoms with Gasteiger partial charge in [0.15, 0.2) is 0 Å².